The summed E-state index contributed by atoms with van der Waals surface area (Å²) in [7, 11) is 1.61. The maximum absolute atomic E-state index is 12.1. The van der Waals surface area contributed by atoms with E-state index in [0.29, 0.717) is 22.2 Å². The Hall–Kier alpha value is -2.91. The number of aromatic nitrogens is 2. The van der Waals surface area contributed by atoms with Crippen molar-refractivity contribution in [3.05, 3.63) is 53.2 Å². The quantitative estimate of drug-likeness (QED) is 0.634. The van der Waals surface area contributed by atoms with E-state index < -0.39 is 6.09 Å². The van der Waals surface area contributed by atoms with Crippen molar-refractivity contribution in [2.24, 2.45) is 0 Å². The molecule has 28 heavy (non-hydrogen) atoms. The van der Waals surface area contributed by atoms with Crippen LogP contribution in [-0.2, 0) is 11.3 Å². The van der Waals surface area contributed by atoms with Gasteiger partial charge >= 0.3 is 12.1 Å². The molecule has 0 unspecified atom stereocenters. The second-order valence-corrected chi connectivity index (χ2v) is 7.16. The number of carbonyl (C=O) groups excluding carboxylic acids is 2. The molecular weight excluding hydrogens is 402 g/mol. The molecule has 0 bridgehead atoms. The summed E-state index contributed by atoms with van der Waals surface area (Å²) in [6, 6.07) is 10.6. The number of thiazole rings is 1. The van der Waals surface area contributed by atoms with Crippen LogP contribution in [0.25, 0.3) is 10.3 Å². The van der Waals surface area contributed by atoms with Gasteiger partial charge in [-0.3, -0.25) is 5.32 Å². The number of likely N-dealkylation sites (N-methyl/N-ethyl adjacent to an activating group) is 1. The van der Waals surface area contributed by atoms with Crippen molar-refractivity contribution in [2.75, 3.05) is 25.5 Å². The van der Waals surface area contributed by atoms with Gasteiger partial charge in [0.05, 0.1) is 6.54 Å². The minimum absolute atomic E-state index is 0.0466. The number of anilines is 1. The molecule has 3 amide bonds. The first-order valence-electron chi connectivity index (χ1n) is 8.40. The molecule has 146 valence electrons. The number of hydrogen-bond donors (Lipinski definition) is 2. The van der Waals surface area contributed by atoms with Gasteiger partial charge in [0.25, 0.3) is 0 Å². The summed E-state index contributed by atoms with van der Waals surface area (Å²) >= 11 is 7.32. The Morgan fingerprint density at radius 1 is 1.25 bits per heavy atom. The van der Waals surface area contributed by atoms with E-state index in [4.69, 9.17) is 16.3 Å². The number of pyridine rings is 1. The number of nitrogens with one attached hydrogen (secondary N) is 2. The van der Waals surface area contributed by atoms with Crippen LogP contribution in [0.1, 0.15) is 5.56 Å². The van der Waals surface area contributed by atoms with Gasteiger partial charge in [-0.1, -0.05) is 41.1 Å². The molecule has 0 atom stereocenters. The van der Waals surface area contributed by atoms with Crippen LogP contribution < -0.4 is 10.6 Å². The van der Waals surface area contributed by atoms with Crippen molar-refractivity contribution >= 4 is 50.5 Å². The van der Waals surface area contributed by atoms with Crippen LogP contribution >= 0.6 is 22.9 Å². The number of halogens is 1. The minimum Gasteiger partial charge on any atom is -0.447 e. The number of fused-ring (bicyclic) bond motifs is 1. The van der Waals surface area contributed by atoms with E-state index in [0.717, 1.165) is 10.4 Å². The number of ether oxygens (including phenoxy) is 1. The van der Waals surface area contributed by atoms with Crippen molar-refractivity contribution in [2.45, 2.75) is 6.54 Å². The number of hydrogen-bond acceptors (Lipinski definition) is 6. The van der Waals surface area contributed by atoms with Gasteiger partial charge < -0.3 is 15.0 Å². The number of urea groups is 1. The molecule has 0 aliphatic heterocycles. The number of nitrogens with zero attached hydrogens (tertiary/aromatic N) is 3. The zero-order valence-corrected chi connectivity index (χ0v) is 16.6. The van der Waals surface area contributed by atoms with Crippen LogP contribution in [0.5, 0.6) is 0 Å². The van der Waals surface area contributed by atoms with Crippen molar-refractivity contribution < 1.29 is 14.3 Å². The normalized spacial score (nSPS) is 10.5. The summed E-state index contributed by atoms with van der Waals surface area (Å²) < 4.78 is 5.10. The van der Waals surface area contributed by atoms with E-state index >= 15 is 0 Å². The predicted molar refractivity (Wildman–Crippen MR) is 109 cm³/mol. The van der Waals surface area contributed by atoms with Crippen molar-refractivity contribution in [3.63, 3.8) is 0 Å². The molecule has 0 saturated heterocycles. The highest BCUT2D eigenvalue weighted by molar-refractivity contribution is 7.21. The molecule has 0 spiro atoms. The lowest BCUT2D eigenvalue weighted by molar-refractivity contribution is 0.146. The van der Waals surface area contributed by atoms with Gasteiger partial charge in [-0.25, -0.2) is 19.6 Å². The van der Waals surface area contributed by atoms with Gasteiger partial charge in [-0.05, 0) is 23.8 Å². The Morgan fingerprint density at radius 3 is 2.86 bits per heavy atom. The Balaban J connectivity index is 1.39. The van der Waals surface area contributed by atoms with Gasteiger partial charge in [0, 0.05) is 24.8 Å². The van der Waals surface area contributed by atoms with Gasteiger partial charge in [0.15, 0.2) is 5.13 Å². The first kappa shape index (κ1) is 19.8. The Labute approximate surface area is 170 Å². The van der Waals surface area contributed by atoms with E-state index in [1.807, 2.05) is 24.3 Å². The Morgan fingerprint density at radius 2 is 2.07 bits per heavy atom. The van der Waals surface area contributed by atoms with Crippen LogP contribution in [0.4, 0.5) is 14.7 Å². The second-order valence-electron chi connectivity index (χ2n) is 5.78. The molecule has 2 aromatic heterocycles. The summed E-state index contributed by atoms with van der Waals surface area (Å²) in [5.74, 6) is 0. The predicted octanol–water partition coefficient (Wildman–Crippen LogP) is 3.73. The second kappa shape index (κ2) is 9.34. The summed E-state index contributed by atoms with van der Waals surface area (Å²) in [4.78, 5) is 34.5. The highest BCUT2D eigenvalue weighted by atomic mass is 35.5. The highest BCUT2D eigenvalue weighted by Crippen LogP contribution is 2.23. The maximum Gasteiger partial charge on any atom is 0.413 e. The maximum atomic E-state index is 12.1. The van der Waals surface area contributed by atoms with E-state index in [1.54, 1.807) is 25.4 Å². The van der Waals surface area contributed by atoms with E-state index in [1.165, 1.54) is 16.2 Å². The van der Waals surface area contributed by atoms with Gasteiger partial charge in [0.2, 0.25) is 0 Å². The van der Waals surface area contributed by atoms with E-state index in [2.05, 4.69) is 20.6 Å². The number of rotatable bonds is 6. The first-order valence-corrected chi connectivity index (χ1v) is 9.60. The summed E-state index contributed by atoms with van der Waals surface area (Å²) in [6.45, 7) is 0.601. The van der Waals surface area contributed by atoms with Crippen LogP contribution in [0, 0.1) is 0 Å². The molecule has 2 N–H and O–H groups in total. The molecule has 10 heteroatoms. The third kappa shape index (κ3) is 5.30. The number of carbonyl (C=O) groups is 2. The van der Waals surface area contributed by atoms with Crippen molar-refractivity contribution in [1.29, 1.82) is 0 Å². The average Bonchev–Trinajstić information content (AvgIpc) is 3.09. The SMILES string of the molecule is CN(CCOC(=O)Nc1nc2cccnc2s1)C(=O)NCc1ccccc1Cl. The molecule has 1 aromatic carbocycles. The van der Waals surface area contributed by atoms with Crippen molar-refractivity contribution in [1.82, 2.24) is 20.2 Å². The van der Waals surface area contributed by atoms with Gasteiger partial charge in [0.1, 0.15) is 17.0 Å². The standard InChI is InChI=1S/C18H18ClN5O3S/c1-24(17(25)21-11-12-5-2-3-6-13(12)19)9-10-27-18(26)23-16-22-14-7-4-8-20-15(14)28-16/h2-8H,9-11H2,1H3,(H,21,25)(H,22,23,26). The zero-order chi connectivity index (χ0) is 19.9. The van der Waals surface area contributed by atoms with Crippen LogP contribution in [0.15, 0.2) is 42.6 Å². The fraction of sp³-hybridized carbons (Fsp3) is 0.222. The molecule has 0 aliphatic carbocycles. The van der Waals surface area contributed by atoms with Crippen LogP contribution in [-0.4, -0.2) is 47.2 Å². The molecule has 8 nitrogen and oxygen atoms in total. The molecule has 3 aromatic rings. The molecule has 0 fully saturated rings. The average molecular weight is 420 g/mol. The van der Waals surface area contributed by atoms with E-state index in [9.17, 15) is 9.59 Å². The molecular formula is C18H18ClN5O3S. The Bertz CT molecular complexity index is 948. The lowest BCUT2D eigenvalue weighted by Crippen LogP contribution is -2.39. The topological polar surface area (TPSA) is 96.4 Å². The number of benzene rings is 1. The lowest BCUT2D eigenvalue weighted by atomic mass is 10.2. The summed E-state index contributed by atoms with van der Waals surface area (Å²) in [5, 5.41) is 6.32. The molecule has 0 radical (unpaired) electrons. The molecule has 0 aliphatic rings. The summed E-state index contributed by atoms with van der Waals surface area (Å²) in [6.07, 6.45) is 1.03. The molecule has 0 saturated carbocycles. The molecule has 3 rings (SSSR count). The number of amides is 3. The monoisotopic (exact) mass is 419 g/mol. The first-order chi connectivity index (χ1) is 13.5. The Kier molecular flexibility index (Phi) is 6.62. The van der Waals surface area contributed by atoms with Crippen molar-refractivity contribution in [3.8, 4) is 0 Å². The van der Waals surface area contributed by atoms with Crippen LogP contribution in [0.2, 0.25) is 5.02 Å². The molecule has 2 heterocycles. The van der Waals surface area contributed by atoms with Gasteiger partial charge in [-0.2, -0.15) is 0 Å². The summed E-state index contributed by atoms with van der Waals surface area (Å²) in [5.41, 5.74) is 1.53. The fourth-order valence-electron chi connectivity index (χ4n) is 2.27. The minimum atomic E-state index is -0.635. The third-order valence-corrected chi connectivity index (χ3v) is 5.03. The van der Waals surface area contributed by atoms with Crippen LogP contribution in [0.3, 0.4) is 0 Å². The highest BCUT2D eigenvalue weighted by Gasteiger charge is 2.12. The lowest BCUT2D eigenvalue weighted by Gasteiger charge is -2.18. The fourth-order valence-corrected chi connectivity index (χ4v) is 3.27. The third-order valence-electron chi connectivity index (χ3n) is 3.77. The zero-order valence-electron chi connectivity index (χ0n) is 15.0. The van der Waals surface area contributed by atoms with E-state index in [-0.39, 0.29) is 19.2 Å². The largest absolute Gasteiger partial charge is 0.447 e. The smallest absolute Gasteiger partial charge is 0.413 e. The van der Waals surface area contributed by atoms with Gasteiger partial charge in [-0.15, -0.1) is 0 Å².